The molecule has 1 aliphatic heterocycles. The van der Waals surface area contributed by atoms with Crippen molar-refractivity contribution >= 4 is 11.3 Å². The minimum atomic E-state index is 0.108. The summed E-state index contributed by atoms with van der Waals surface area (Å²) in [4.78, 5) is 3.88. The molecule has 2 aromatic heterocycles. The average molecular weight is 430 g/mol. The molecule has 0 spiro atoms. The second-order valence-electron chi connectivity index (χ2n) is 8.27. The van der Waals surface area contributed by atoms with E-state index in [4.69, 9.17) is 0 Å². The van der Waals surface area contributed by atoms with E-state index in [9.17, 15) is 0 Å². The Morgan fingerprint density at radius 2 is 1.58 bits per heavy atom. The molecule has 6 heteroatoms. The molecule has 0 aliphatic carbocycles. The molecule has 5 rings (SSSR count). The molecule has 1 atom stereocenters. The van der Waals surface area contributed by atoms with Crippen LogP contribution in [-0.4, -0.2) is 38.2 Å². The van der Waals surface area contributed by atoms with Gasteiger partial charge in [0, 0.05) is 4.88 Å². The van der Waals surface area contributed by atoms with Crippen LogP contribution < -0.4 is 0 Å². The first-order valence-corrected chi connectivity index (χ1v) is 11.9. The molecule has 0 amide bonds. The van der Waals surface area contributed by atoms with E-state index in [0.717, 1.165) is 24.8 Å². The topological polar surface area (TPSA) is 46.8 Å². The summed E-state index contributed by atoms with van der Waals surface area (Å²) in [5.41, 5.74) is 2.66. The lowest BCUT2D eigenvalue weighted by Gasteiger charge is -2.36. The molecule has 5 nitrogen and oxygen atoms in total. The molecule has 0 radical (unpaired) electrons. The van der Waals surface area contributed by atoms with Crippen LogP contribution in [0, 0.1) is 5.92 Å². The minimum Gasteiger partial charge on any atom is -0.289 e. The van der Waals surface area contributed by atoms with Gasteiger partial charge in [0.1, 0.15) is 6.04 Å². The Kier molecular flexibility index (Phi) is 6.18. The van der Waals surface area contributed by atoms with Crippen molar-refractivity contribution in [3.63, 3.8) is 0 Å². The van der Waals surface area contributed by atoms with Crippen molar-refractivity contribution in [3.8, 4) is 0 Å². The number of rotatable bonds is 7. The fourth-order valence-electron chi connectivity index (χ4n) is 4.56. The Labute approximate surface area is 187 Å². The van der Waals surface area contributed by atoms with E-state index in [1.54, 1.807) is 11.3 Å². The molecule has 158 valence electrons. The van der Waals surface area contributed by atoms with Crippen molar-refractivity contribution in [2.75, 3.05) is 13.1 Å². The number of thiophene rings is 1. The maximum absolute atomic E-state index is 4.50. The second kappa shape index (κ2) is 9.54. The van der Waals surface area contributed by atoms with Crippen LogP contribution in [0.3, 0.4) is 0 Å². The number of piperidine rings is 1. The lowest BCUT2D eigenvalue weighted by molar-refractivity contribution is 0.145. The van der Waals surface area contributed by atoms with Crippen LogP contribution in [-0.2, 0) is 13.0 Å². The fourth-order valence-corrected chi connectivity index (χ4v) is 5.41. The van der Waals surface area contributed by atoms with Gasteiger partial charge < -0.3 is 0 Å². The van der Waals surface area contributed by atoms with Crippen molar-refractivity contribution in [2.45, 2.75) is 31.8 Å². The molecule has 1 saturated heterocycles. The standard InChI is InChI=1S/C25H27N5S/c1-3-8-20(9-4-1)18-21-13-15-29(16-14-21)24(23-12-7-17-31-23)25-26-27-28-30(25)19-22-10-5-2-6-11-22/h1-12,17,21,24H,13-16,18-19H2/t24-/m0/s1. The third kappa shape index (κ3) is 4.75. The highest BCUT2D eigenvalue weighted by Crippen LogP contribution is 2.34. The van der Waals surface area contributed by atoms with Crippen LogP contribution in [0.1, 0.15) is 40.7 Å². The molecule has 0 unspecified atom stereocenters. The summed E-state index contributed by atoms with van der Waals surface area (Å²) in [6.07, 6.45) is 3.58. The molecule has 1 fully saturated rings. The van der Waals surface area contributed by atoms with E-state index < -0.39 is 0 Å². The molecule has 0 N–H and O–H groups in total. The lowest BCUT2D eigenvalue weighted by Crippen LogP contribution is -2.38. The SMILES string of the molecule is c1ccc(CC2CCN([C@@H](c3cccs3)c3nnnn3Cc3ccccc3)CC2)cc1. The lowest BCUT2D eigenvalue weighted by atomic mass is 9.89. The molecule has 31 heavy (non-hydrogen) atoms. The Bertz CT molecular complexity index is 1050. The molecule has 3 heterocycles. The Balaban J connectivity index is 1.34. The van der Waals surface area contributed by atoms with Crippen LogP contribution in [0.4, 0.5) is 0 Å². The molecule has 0 bridgehead atoms. The van der Waals surface area contributed by atoms with Gasteiger partial charge in [-0.05, 0) is 71.3 Å². The smallest absolute Gasteiger partial charge is 0.174 e. The van der Waals surface area contributed by atoms with E-state index in [2.05, 4.69) is 92.5 Å². The predicted octanol–water partition coefficient (Wildman–Crippen LogP) is 4.83. The van der Waals surface area contributed by atoms with Crippen molar-refractivity contribution < 1.29 is 0 Å². The van der Waals surface area contributed by atoms with E-state index in [0.29, 0.717) is 6.54 Å². The predicted molar refractivity (Wildman–Crippen MR) is 124 cm³/mol. The number of likely N-dealkylation sites (tertiary alicyclic amines) is 1. The molecule has 0 saturated carbocycles. The number of hydrogen-bond acceptors (Lipinski definition) is 5. The summed E-state index contributed by atoms with van der Waals surface area (Å²) in [5.74, 6) is 1.68. The summed E-state index contributed by atoms with van der Waals surface area (Å²) in [7, 11) is 0. The van der Waals surface area contributed by atoms with E-state index in [1.807, 2.05) is 10.7 Å². The maximum Gasteiger partial charge on any atom is 0.174 e. The summed E-state index contributed by atoms with van der Waals surface area (Å²) < 4.78 is 1.97. The van der Waals surface area contributed by atoms with Crippen LogP contribution in [0.15, 0.2) is 78.2 Å². The molecular formula is C25H27N5S. The van der Waals surface area contributed by atoms with Crippen LogP contribution in [0.2, 0.25) is 0 Å². The van der Waals surface area contributed by atoms with Gasteiger partial charge in [0.05, 0.1) is 6.54 Å². The Morgan fingerprint density at radius 1 is 0.871 bits per heavy atom. The zero-order valence-electron chi connectivity index (χ0n) is 17.5. The first-order valence-electron chi connectivity index (χ1n) is 11.0. The van der Waals surface area contributed by atoms with Gasteiger partial charge in [0.15, 0.2) is 5.82 Å². The molecule has 4 aromatic rings. The van der Waals surface area contributed by atoms with Gasteiger partial charge in [0.2, 0.25) is 0 Å². The van der Waals surface area contributed by atoms with Crippen molar-refractivity contribution in [1.29, 1.82) is 0 Å². The van der Waals surface area contributed by atoms with Gasteiger partial charge in [-0.25, -0.2) is 4.68 Å². The highest BCUT2D eigenvalue weighted by atomic mass is 32.1. The first kappa shape index (κ1) is 20.1. The highest BCUT2D eigenvalue weighted by molar-refractivity contribution is 7.10. The summed E-state index contributed by atoms with van der Waals surface area (Å²) in [6, 6.07) is 25.7. The Morgan fingerprint density at radius 3 is 2.26 bits per heavy atom. The Hall–Kier alpha value is -2.83. The fraction of sp³-hybridized carbons (Fsp3) is 0.320. The monoisotopic (exact) mass is 429 g/mol. The van der Waals surface area contributed by atoms with Gasteiger partial charge in [0.25, 0.3) is 0 Å². The summed E-state index contributed by atoms with van der Waals surface area (Å²) in [6.45, 7) is 2.83. The van der Waals surface area contributed by atoms with E-state index >= 15 is 0 Å². The number of tetrazole rings is 1. The van der Waals surface area contributed by atoms with Crippen molar-refractivity contribution in [2.24, 2.45) is 5.92 Å². The van der Waals surface area contributed by atoms with E-state index in [-0.39, 0.29) is 6.04 Å². The van der Waals surface area contributed by atoms with Gasteiger partial charge in [-0.1, -0.05) is 66.7 Å². The second-order valence-corrected chi connectivity index (χ2v) is 9.25. The van der Waals surface area contributed by atoms with Crippen LogP contribution in [0.5, 0.6) is 0 Å². The number of hydrogen-bond donors (Lipinski definition) is 0. The molecule has 2 aromatic carbocycles. The number of nitrogens with zero attached hydrogens (tertiary/aromatic N) is 5. The average Bonchev–Trinajstić information content (AvgIpc) is 3.50. The number of aromatic nitrogens is 4. The maximum atomic E-state index is 4.50. The summed E-state index contributed by atoms with van der Waals surface area (Å²) >= 11 is 1.79. The van der Waals surface area contributed by atoms with Crippen molar-refractivity contribution in [1.82, 2.24) is 25.1 Å². The van der Waals surface area contributed by atoms with Crippen LogP contribution in [0.25, 0.3) is 0 Å². The van der Waals surface area contributed by atoms with Crippen molar-refractivity contribution in [3.05, 3.63) is 100 Å². The van der Waals surface area contributed by atoms with Gasteiger partial charge in [-0.2, -0.15) is 0 Å². The van der Waals surface area contributed by atoms with Crippen LogP contribution >= 0.6 is 11.3 Å². The number of benzene rings is 2. The van der Waals surface area contributed by atoms with Gasteiger partial charge in [-0.3, -0.25) is 4.90 Å². The molecule has 1 aliphatic rings. The van der Waals surface area contributed by atoms with E-state index in [1.165, 1.54) is 35.3 Å². The largest absolute Gasteiger partial charge is 0.289 e. The quantitative estimate of drug-likeness (QED) is 0.422. The van der Waals surface area contributed by atoms with Gasteiger partial charge >= 0.3 is 0 Å². The summed E-state index contributed by atoms with van der Waals surface area (Å²) in [5, 5.41) is 15.0. The zero-order chi connectivity index (χ0) is 20.9. The molecular weight excluding hydrogens is 402 g/mol. The normalized spacial score (nSPS) is 16.4. The highest BCUT2D eigenvalue weighted by Gasteiger charge is 2.31. The zero-order valence-corrected chi connectivity index (χ0v) is 18.4. The third-order valence-corrected chi connectivity index (χ3v) is 7.10. The minimum absolute atomic E-state index is 0.108. The third-order valence-electron chi connectivity index (χ3n) is 6.17. The van der Waals surface area contributed by atoms with Gasteiger partial charge in [-0.15, -0.1) is 16.4 Å². The first-order chi connectivity index (χ1) is 15.4.